The van der Waals surface area contributed by atoms with Crippen LogP contribution < -0.4 is 0 Å². The first-order valence-electron chi connectivity index (χ1n) is 6.27. The lowest BCUT2D eigenvalue weighted by atomic mass is 10.3. The number of thioether (sulfide) groups is 1. The third kappa shape index (κ3) is 3.82. The van der Waals surface area contributed by atoms with E-state index in [1.165, 1.54) is 6.07 Å². The Hall–Kier alpha value is -1.41. The lowest BCUT2D eigenvalue weighted by molar-refractivity contribution is -0.133. The lowest BCUT2D eigenvalue weighted by Gasteiger charge is -2.10. The minimum Gasteiger partial charge on any atom is -0.481 e. The van der Waals surface area contributed by atoms with Crippen molar-refractivity contribution in [1.29, 1.82) is 0 Å². The van der Waals surface area contributed by atoms with E-state index >= 15 is 0 Å². The number of hydrogen-bond acceptors (Lipinski definition) is 4. The van der Waals surface area contributed by atoms with Crippen molar-refractivity contribution in [2.45, 2.75) is 24.9 Å². The maximum Gasteiger partial charge on any atom is 0.313 e. The molecule has 21 heavy (non-hydrogen) atoms. The molecule has 0 amide bonds. The van der Waals surface area contributed by atoms with E-state index in [9.17, 15) is 9.18 Å². The number of halogens is 2. The normalized spacial score (nSPS) is 10.8. The van der Waals surface area contributed by atoms with Gasteiger partial charge in [0.1, 0.15) is 11.6 Å². The van der Waals surface area contributed by atoms with Crippen molar-refractivity contribution in [3.63, 3.8) is 0 Å². The van der Waals surface area contributed by atoms with E-state index in [2.05, 4.69) is 26.1 Å². The summed E-state index contributed by atoms with van der Waals surface area (Å²) in [6, 6.07) is 4.59. The van der Waals surface area contributed by atoms with Crippen LogP contribution in [0.2, 0.25) is 0 Å². The van der Waals surface area contributed by atoms with Gasteiger partial charge in [0.25, 0.3) is 0 Å². The van der Waals surface area contributed by atoms with Crippen molar-refractivity contribution in [1.82, 2.24) is 14.8 Å². The molecule has 112 valence electrons. The van der Waals surface area contributed by atoms with Crippen molar-refractivity contribution in [3.05, 3.63) is 34.3 Å². The maximum absolute atomic E-state index is 13.4. The summed E-state index contributed by atoms with van der Waals surface area (Å²) in [5, 5.41) is 17.4. The van der Waals surface area contributed by atoms with Crippen LogP contribution in [0.1, 0.15) is 19.2 Å². The number of hydrogen-bond donors (Lipinski definition) is 1. The van der Waals surface area contributed by atoms with Crippen LogP contribution in [-0.4, -0.2) is 31.6 Å². The number of aryl methyl sites for hydroxylation is 1. The van der Waals surface area contributed by atoms with E-state index < -0.39 is 5.97 Å². The summed E-state index contributed by atoms with van der Waals surface area (Å²) in [7, 11) is 0. The van der Waals surface area contributed by atoms with Gasteiger partial charge in [-0.1, -0.05) is 18.7 Å². The molecule has 2 rings (SSSR count). The van der Waals surface area contributed by atoms with E-state index in [-0.39, 0.29) is 11.6 Å². The van der Waals surface area contributed by atoms with E-state index in [1.54, 1.807) is 16.7 Å². The molecular weight excluding hydrogens is 361 g/mol. The molecule has 0 aliphatic carbocycles. The Labute approximate surface area is 133 Å². The summed E-state index contributed by atoms with van der Waals surface area (Å²) in [6.45, 7) is 2.02. The molecule has 0 saturated carbocycles. The van der Waals surface area contributed by atoms with Crippen LogP contribution in [0.3, 0.4) is 0 Å². The molecule has 0 fully saturated rings. The number of carboxylic acids is 1. The molecule has 8 heteroatoms. The second kappa shape index (κ2) is 7.04. The molecule has 1 aromatic heterocycles. The molecule has 5 nitrogen and oxygen atoms in total. The fourth-order valence-corrected chi connectivity index (χ4v) is 2.85. The zero-order chi connectivity index (χ0) is 15.4. The van der Waals surface area contributed by atoms with E-state index in [0.29, 0.717) is 21.7 Å². The molecule has 0 atom stereocenters. The van der Waals surface area contributed by atoms with Crippen LogP contribution in [0.4, 0.5) is 4.39 Å². The Morgan fingerprint density at radius 2 is 2.24 bits per heavy atom. The number of aromatic nitrogens is 3. The molecule has 0 aliphatic heterocycles. The van der Waals surface area contributed by atoms with E-state index in [1.807, 2.05) is 6.92 Å². The first kappa shape index (κ1) is 16.0. The van der Waals surface area contributed by atoms with Crippen LogP contribution in [0.5, 0.6) is 0 Å². The quantitative estimate of drug-likeness (QED) is 0.786. The Morgan fingerprint density at radius 3 is 2.86 bits per heavy atom. The van der Waals surface area contributed by atoms with Gasteiger partial charge >= 0.3 is 5.97 Å². The number of benzene rings is 1. The molecule has 0 unspecified atom stereocenters. The summed E-state index contributed by atoms with van der Waals surface area (Å²) < 4.78 is 15.5. The fourth-order valence-electron chi connectivity index (χ4n) is 1.79. The fraction of sp³-hybridized carbons (Fsp3) is 0.308. The van der Waals surface area contributed by atoms with Gasteiger partial charge in [0, 0.05) is 6.42 Å². The molecule has 0 spiro atoms. The number of carboxylic acid groups (broad SMARTS) is 1. The van der Waals surface area contributed by atoms with Crippen LogP contribution in [0.15, 0.2) is 27.8 Å². The minimum atomic E-state index is -0.924. The van der Waals surface area contributed by atoms with Gasteiger partial charge in [-0.2, -0.15) is 0 Å². The van der Waals surface area contributed by atoms with Crippen molar-refractivity contribution in [2.75, 3.05) is 5.75 Å². The molecule has 1 aromatic carbocycles. The Morgan fingerprint density at radius 1 is 1.48 bits per heavy atom. The molecule has 0 saturated heterocycles. The van der Waals surface area contributed by atoms with Gasteiger partial charge in [-0.15, -0.1) is 10.2 Å². The average Bonchev–Trinajstić information content (AvgIpc) is 2.83. The number of aliphatic carboxylic acids is 1. The first-order valence-corrected chi connectivity index (χ1v) is 8.05. The monoisotopic (exact) mass is 373 g/mol. The standard InChI is InChI=1S/C13H13BrFN3O2S/c1-2-3-11-16-17-13(21-7-12(19)20)18(11)8-4-5-10(15)9(14)6-8/h4-6H,2-3,7H2,1H3,(H,19,20). The van der Waals surface area contributed by atoms with Gasteiger partial charge in [-0.3, -0.25) is 9.36 Å². The van der Waals surface area contributed by atoms with Gasteiger partial charge in [0.2, 0.25) is 0 Å². The van der Waals surface area contributed by atoms with Crippen LogP contribution in [-0.2, 0) is 11.2 Å². The third-order valence-electron chi connectivity index (χ3n) is 2.66. The van der Waals surface area contributed by atoms with Crippen LogP contribution >= 0.6 is 27.7 Å². The highest BCUT2D eigenvalue weighted by Gasteiger charge is 2.16. The smallest absolute Gasteiger partial charge is 0.313 e. The highest BCUT2D eigenvalue weighted by atomic mass is 79.9. The second-order valence-corrected chi connectivity index (χ2v) is 6.06. The maximum atomic E-state index is 13.4. The molecule has 1 heterocycles. The Bertz CT molecular complexity index is 663. The highest BCUT2D eigenvalue weighted by molar-refractivity contribution is 9.10. The summed E-state index contributed by atoms with van der Waals surface area (Å²) in [5.41, 5.74) is 0.699. The number of nitrogens with zero attached hydrogens (tertiary/aromatic N) is 3. The molecule has 2 aromatic rings. The molecule has 1 N–H and O–H groups in total. The highest BCUT2D eigenvalue weighted by Crippen LogP contribution is 2.26. The van der Waals surface area contributed by atoms with E-state index in [4.69, 9.17) is 5.11 Å². The predicted molar refractivity (Wildman–Crippen MR) is 81.4 cm³/mol. The summed E-state index contributed by atoms with van der Waals surface area (Å²) in [5.74, 6) is -0.661. The van der Waals surface area contributed by atoms with Crippen molar-refractivity contribution in [2.24, 2.45) is 0 Å². The van der Waals surface area contributed by atoms with Gasteiger partial charge < -0.3 is 5.11 Å². The molecule has 0 radical (unpaired) electrons. The first-order chi connectivity index (χ1) is 10.0. The van der Waals surface area contributed by atoms with E-state index in [0.717, 1.165) is 24.0 Å². The van der Waals surface area contributed by atoms with Crippen LogP contribution in [0, 0.1) is 5.82 Å². The summed E-state index contributed by atoms with van der Waals surface area (Å²) >= 11 is 4.24. The molecular formula is C13H13BrFN3O2S. The van der Waals surface area contributed by atoms with Gasteiger partial charge in [0.05, 0.1) is 15.9 Å². The summed E-state index contributed by atoms with van der Waals surface area (Å²) in [6.07, 6.45) is 1.58. The minimum absolute atomic E-state index is 0.105. The van der Waals surface area contributed by atoms with Gasteiger partial charge in [-0.25, -0.2) is 4.39 Å². The molecule has 0 bridgehead atoms. The summed E-state index contributed by atoms with van der Waals surface area (Å²) in [4.78, 5) is 10.7. The molecule has 0 aliphatic rings. The Kier molecular flexibility index (Phi) is 5.35. The zero-order valence-corrected chi connectivity index (χ0v) is 13.6. The van der Waals surface area contributed by atoms with Gasteiger partial charge in [0.15, 0.2) is 5.16 Å². The second-order valence-electron chi connectivity index (χ2n) is 4.27. The predicted octanol–water partition coefficient (Wildman–Crippen LogP) is 3.30. The zero-order valence-electron chi connectivity index (χ0n) is 11.2. The van der Waals surface area contributed by atoms with Crippen LogP contribution in [0.25, 0.3) is 5.69 Å². The van der Waals surface area contributed by atoms with Crippen molar-refractivity contribution in [3.8, 4) is 5.69 Å². The largest absolute Gasteiger partial charge is 0.481 e. The lowest BCUT2D eigenvalue weighted by Crippen LogP contribution is -2.05. The average molecular weight is 374 g/mol. The number of carbonyl (C=O) groups is 1. The SMILES string of the molecule is CCCc1nnc(SCC(=O)O)n1-c1ccc(F)c(Br)c1. The Balaban J connectivity index is 2.44. The van der Waals surface area contributed by atoms with Gasteiger partial charge in [-0.05, 0) is 40.5 Å². The third-order valence-corrected chi connectivity index (χ3v) is 4.18. The number of rotatable bonds is 6. The topological polar surface area (TPSA) is 68.0 Å². The van der Waals surface area contributed by atoms with Crippen molar-refractivity contribution >= 4 is 33.7 Å². The van der Waals surface area contributed by atoms with Crippen molar-refractivity contribution < 1.29 is 14.3 Å².